The number of hydrogen-bond donors (Lipinski definition) is 1. The third kappa shape index (κ3) is 4.96. The number of carbonyl (C=O) groups is 2. The van der Waals surface area contributed by atoms with Crippen LogP contribution in [0.4, 0.5) is 5.69 Å². The van der Waals surface area contributed by atoms with Crippen LogP contribution in [0.2, 0.25) is 0 Å². The lowest BCUT2D eigenvalue weighted by Crippen LogP contribution is -2.55. The summed E-state index contributed by atoms with van der Waals surface area (Å²) < 4.78 is 6.08. The molecule has 0 radical (unpaired) electrons. The largest absolute Gasteiger partial charge is 0.449 e. The van der Waals surface area contributed by atoms with Gasteiger partial charge in [-0.3, -0.25) is 14.5 Å². The van der Waals surface area contributed by atoms with E-state index in [2.05, 4.69) is 31.3 Å². The van der Waals surface area contributed by atoms with Crippen molar-refractivity contribution in [3.63, 3.8) is 0 Å². The zero-order valence-electron chi connectivity index (χ0n) is 23.9. The Morgan fingerprint density at radius 3 is 2.34 bits per heavy atom. The predicted molar refractivity (Wildman–Crippen MR) is 161 cm³/mol. The van der Waals surface area contributed by atoms with Crippen LogP contribution in [-0.2, 0) is 11.3 Å². The molecular weight excluding hydrogens is 508 g/mol. The quantitative estimate of drug-likeness (QED) is 0.330. The number of carbonyl (C=O) groups excluding carboxylic acids is 2. The van der Waals surface area contributed by atoms with Gasteiger partial charge in [0.05, 0.1) is 12.2 Å². The van der Waals surface area contributed by atoms with Gasteiger partial charge in [-0.1, -0.05) is 54.1 Å². The smallest absolute Gasteiger partial charge is 0.294 e. The molecule has 0 saturated heterocycles. The van der Waals surface area contributed by atoms with Crippen molar-refractivity contribution in [1.82, 2.24) is 5.32 Å². The number of benzene rings is 3. The number of para-hydroxylation sites is 2. The van der Waals surface area contributed by atoms with Crippen molar-refractivity contribution >= 4 is 23.6 Å². The molecule has 1 heterocycles. The molecule has 1 N–H and O–H groups in total. The number of amides is 2. The summed E-state index contributed by atoms with van der Waals surface area (Å²) in [5.41, 5.74) is 4.71. The second-order valence-corrected chi connectivity index (χ2v) is 13.1. The van der Waals surface area contributed by atoms with Crippen molar-refractivity contribution in [3.8, 4) is 5.75 Å². The van der Waals surface area contributed by atoms with Gasteiger partial charge in [-0.15, -0.1) is 0 Å². The highest BCUT2D eigenvalue weighted by molar-refractivity contribution is 6.09. The molecule has 3 aromatic carbocycles. The SMILES string of the molecule is Cc1cccc(CN2C(=O)/C(=C\c3ccc(C(=O)NC(C)C45CC6CC(CC(C6)C4)C5)cc3)Oc3ccccc32)c1. The van der Waals surface area contributed by atoms with E-state index in [4.69, 9.17) is 4.74 Å². The molecule has 1 unspecified atom stereocenters. The van der Waals surface area contributed by atoms with E-state index in [1.807, 2.05) is 60.7 Å². The van der Waals surface area contributed by atoms with Gasteiger partial charge < -0.3 is 10.1 Å². The molecule has 4 aliphatic carbocycles. The molecule has 8 rings (SSSR count). The predicted octanol–water partition coefficient (Wildman–Crippen LogP) is 7.30. The topological polar surface area (TPSA) is 58.6 Å². The van der Waals surface area contributed by atoms with Gasteiger partial charge in [-0.2, -0.15) is 0 Å². The van der Waals surface area contributed by atoms with Crippen LogP contribution < -0.4 is 15.0 Å². The Morgan fingerprint density at radius 1 is 0.976 bits per heavy atom. The molecule has 1 aliphatic heterocycles. The van der Waals surface area contributed by atoms with Crippen molar-refractivity contribution < 1.29 is 14.3 Å². The first-order valence-electron chi connectivity index (χ1n) is 15.1. The maximum Gasteiger partial charge on any atom is 0.294 e. The fourth-order valence-electron chi connectivity index (χ4n) is 8.44. The standard InChI is InChI=1S/C36H38N2O3/c1-23-6-5-7-26(14-23)22-38-31-8-3-4-9-32(31)41-33(35(38)40)18-25-10-12-30(13-11-25)34(39)37-24(2)36-19-27-15-28(20-36)17-29(16-27)21-36/h3-14,18,24,27-29H,15-17,19-22H2,1-2H3,(H,37,39)/b33-18+. The van der Waals surface area contributed by atoms with Gasteiger partial charge in [0, 0.05) is 11.6 Å². The highest BCUT2D eigenvalue weighted by Crippen LogP contribution is 2.61. The van der Waals surface area contributed by atoms with Crippen LogP contribution in [-0.4, -0.2) is 17.9 Å². The van der Waals surface area contributed by atoms with Gasteiger partial charge in [0.2, 0.25) is 0 Å². The van der Waals surface area contributed by atoms with Crippen LogP contribution in [0, 0.1) is 30.1 Å². The number of fused-ring (bicyclic) bond motifs is 1. The first-order chi connectivity index (χ1) is 19.8. The van der Waals surface area contributed by atoms with Gasteiger partial charge in [0.15, 0.2) is 11.5 Å². The first kappa shape index (κ1) is 26.1. The average molecular weight is 547 g/mol. The van der Waals surface area contributed by atoms with Gasteiger partial charge in [0.25, 0.3) is 11.8 Å². The number of nitrogens with zero attached hydrogens (tertiary/aromatic N) is 1. The van der Waals surface area contributed by atoms with Crippen molar-refractivity contribution in [2.45, 2.75) is 65.0 Å². The number of anilines is 1. The molecule has 3 aromatic rings. The first-order valence-corrected chi connectivity index (χ1v) is 15.1. The summed E-state index contributed by atoms with van der Waals surface area (Å²) >= 11 is 0. The van der Waals surface area contributed by atoms with Crippen LogP contribution >= 0.6 is 0 Å². The normalized spacial score (nSPS) is 27.9. The summed E-state index contributed by atoms with van der Waals surface area (Å²) in [5.74, 6) is 3.30. The fourth-order valence-corrected chi connectivity index (χ4v) is 8.44. The molecule has 5 aliphatic rings. The summed E-state index contributed by atoms with van der Waals surface area (Å²) in [4.78, 5) is 28.6. The summed E-state index contributed by atoms with van der Waals surface area (Å²) in [5, 5.41) is 3.37. The molecule has 41 heavy (non-hydrogen) atoms. The van der Waals surface area contributed by atoms with Crippen molar-refractivity contribution in [2.24, 2.45) is 23.2 Å². The highest BCUT2D eigenvalue weighted by atomic mass is 16.5. The van der Waals surface area contributed by atoms with E-state index in [1.54, 1.807) is 11.0 Å². The maximum atomic E-state index is 13.6. The monoisotopic (exact) mass is 546 g/mol. The van der Waals surface area contributed by atoms with Gasteiger partial charge in [0.1, 0.15) is 0 Å². The molecule has 2 amide bonds. The lowest BCUT2D eigenvalue weighted by Gasteiger charge is -2.59. The Hall–Kier alpha value is -3.86. The minimum absolute atomic E-state index is 0.0179. The molecule has 4 saturated carbocycles. The van der Waals surface area contributed by atoms with E-state index in [0.717, 1.165) is 40.1 Å². The summed E-state index contributed by atoms with van der Waals surface area (Å²) in [7, 11) is 0. The number of nitrogens with one attached hydrogen (secondary N) is 1. The maximum absolute atomic E-state index is 13.6. The molecule has 210 valence electrons. The number of ether oxygens (including phenoxy) is 1. The van der Waals surface area contributed by atoms with E-state index in [9.17, 15) is 9.59 Å². The van der Waals surface area contributed by atoms with E-state index in [0.29, 0.717) is 17.9 Å². The molecule has 4 bridgehead atoms. The van der Waals surface area contributed by atoms with Gasteiger partial charge >= 0.3 is 0 Å². The Kier molecular flexibility index (Phi) is 6.49. The lowest BCUT2D eigenvalue weighted by atomic mass is 9.48. The van der Waals surface area contributed by atoms with E-state index < -0.39 is 0 Å². The highest BCUT2D eigenvalue weighted by Gasteiger charge is 2.53. The van der Waals surface area contributed by atoms with E-state index >= 15 is 0 Å². The Bertz CT molecular complexity index is 1490. The van der Waals surface area contributed by atoms with Gasteiger partial charge in [-0.05, 0) is 117 Å². The lowest BCUT2D eigenvalue weighted by molar-refractivity contribution is -0.117. The molecule has 1 atom stereocenters. The molecular formula is C36H38N2O3. The van der Waals surface area contributed by atoms with Crippen LogP contribution in [0.25, 0.3) is 6.08 Å². The average Bonchev–Trinajstić information content (AvgIpc) is 2.95. The number of hydrogen-bond acceptors (Lipinski definition) is 3. The van der Waals surface area contributed by atoms with Crippen LogP contribution in [0.5, 0.6) is 5.75 Å². The second-order valence-electron chi connectivity index (χ2n) is 13.1. The molecule has 0 spiro atoms. The van der Waals surface area contributed by atoms with E-state index in [-0.39, 0.29) is 29.0 Å². The summed E-state index contributed by atoms with van der Waals surface area (Å²) in [6.07, 6.45) is 9.78. The minimum atomic E-state index is -0.184. The van der Waals surface area contributed by atoms with Crippen LogP contribution in [0.1, 0.15) is 72.5 Å². The van der Waals surface area contributed by atoms with Crippen molar-refractivity contribution in [3.05, 3.63) is 101 Å². The molecule has 5 heteroatoms. The molecule has 5 nitrogen and oxygen atoms in total. The fraction of sp³-hybridized carbons (Fsp3) is 0.389. The Labute approximate surface area is 242 Å². The third-order valence-electron chi connectivity index (χ3n) is 10.1. The molecule has 0 aromatic heterocycles. The minimum Gasteiger partial charge on any atom is -0.449 e. The molecule has 4 fully saturated rings. The Morgan fingerprint density at radius 2 is 1.66 bits per heavy atom. The summed E-state index contributed by atoms with van der Waals surface area (Å²) in [6.45, 7) is 4.73. The van der Waals surface area contributed by atoms with E-state index in [1.165, 1.54) is 38.5 Å². The van der Waals surface area contributed by atoms with Crippen molar-refractivity contribution in [2.75, 3.05) is 4.90 Å². The third-order valence-corrected chi connectivity index (χ3v) is 10.1. The second kappa shape index (κ2) is 10.2. The van der Waals surface area contributed by atoms with Crippen LogP contribution in [0.15, 0.2) is 78.6 Å². The number of aryl methyl sites for hydroxylation is 1. The Balaban J connectivity index is 1.07. The van der Waals surface area contributed by atoms with Crippen LogP contribution in [0.3, 0.4) is 0 Å². The van der Waals surface area contributed by atoms with Crippen molar-refractivity contribution in [1.29, 1.82) is 0 Å². The zero-order valence-corrected chi connectivity index (χ0v) is 23.9. The van der Waals surface area contributed by atoms with Gasteiger partial charge in [-0.25, -0.2) is 0 Å². The zero-order chi connectivity index (χ0) is 28.1. The number of rotatable bonds is 6. The summed E-state index contributed by atoms with van der Waals surface area (Å²) in [6, 6.07) is 23.5.